The summed E-state index contributed by atoms with van der Waals surface area (Å²) in [5, 5.41) is 2.84. The lowest BCUT2D eigenvalue weighted by Crippen LogP contribution is -2.24. The fourth-order valence-corrected chi connectivity index (χ4v) is 2.40. The molecule has 0 atom stereocenters. The van der Waals surface area contributed by atoms with Crippen LogP contribution in [-0.2, 0) is 11.2 Å². The van der Waals surface area contributed by atoms with Gasteiger partial charge in [0.25, 0.3) is 5.91 Å². The first-order chi connectivity index (χ1) is 10.7. The van der Waals surface area contributed by atoms with Crippen molar-refractivity contribution in [2.75, 3.05) is 0 Å². The summed E-state index contributed by atoms with van der Waals surface area (Å²) >= 11 is 0. The lowest BCUT2D eigenvalue weighted by molar-refractivity contribution is -0.115. The molecule has 2 heterocycles. The number of hydrogen-bond acceptors (Lipinski definition) is 3. The molecule has 4 heteroatoms. The summed E-state index contributed by atoms with van der Waals surface area (Å²) < 4.78 is 0. The minimum absolute atomic E-state index is 0.142. The molecule has 22 heavy (non-hydrogen) atoms. The second-order valence-electron chi connectivity index (χ2n) is 5.25. The zero-order valence-corrected chi connectivity index (χ0v) is 12.4. The second-order valence-corrected chi connectivity index (χ2v) is 5.25. The monoisotopic (exact) mass is 291 g/mol. The van der Waals surface area contributed by atoms with E-state index in [0.717, 1.165) is 24.2 Å². The topological polar surface area (TPSA) is 54.4 Å². The predicted octanol–water partition coefficient (Wildman–Crippen LogP) is 2.89. The van der Waals surface area contributed by atoms with Crippen LogP contribution in [-0.4, -0.2) is 16.7 Å². The van der Waals surface area contributed by atoms with Crippen molar-refractivity contribution in [1.82, 2.24) is 10.3 Å². The fraction of sp³-hybridized carbons (Fsp3) is 0.167. The van der Waals surface area contributed by atoms with E-state index < -0.39 is 0 Å². The van der Waals surface area contributed by atoms with Crippen molar-refractivity contribution in [1.29, 1.82) is 0 Å². The highest BCUT2D eigenvalue weighted by atomic mass is 16.2. The lowest BCUT2D eigenvalue weighted by Gasteiger charge is -2.04. The van der Waals surface area contributed by atoms with Crippen LogP contribution >= 0.6 is 0 Å². The average Bonchev–Trinajstić information content (AvgIpc) is 2.88. The van der Waals surface area contributed by atoms with Gasteiger partial charge in [-0.2, -0.15) is 0 Å². The number of carbonyl (C=O) groups excluding carboxylic acids is 1. The third-order valence-corrected chi connectivity index (χ3v) is 3.65. The van der Waals surface area contributed by atoms with Gasteiger partial charge in [-0.05, 0) is 48.2 Å². The summed E-state index contributed by atoms with van der Waals surface area (Å²) in [5.41, 5.74) is 3.92. The number of amides is 1. The number of hydrogen-bond donors (Lipinski definition) is 1. The maximum atomic E-state index is 12.0. The van der Waals surface area contributed by atoms with E-state index in [0.29, 0.717) is 5.70 Å². The molecule has 3 rings (SSSR count). The largest absolute Gasteiger partial charge is 0.309 e. The zero-order valence-electron chi connectivity index (χ0n) is 12.4. The van der Waals surface area contributed by atoms with E-state index in [-0.39, 0.29) is 5.91 Å². The number of nitrogens with one attached hydrogen (secondary N) is 1. The molecule has 2 aromatic rings. The predicted molar refractivity (Wildman–Crippen MR) is 87.3 cm³/mol. The van der Waals surface area contributed by atoms with Crippen LogP contribution in [0, 0.1) is 6.92 Å². The third-order valence-electron chi connectivity index (χ3n) is 3.65. The van der Waals surface area contributed by atoms with Crippen molar-refractivity contribution < 1.29 is 4.79 Å². The highest BCUT2D eigenvalue weighted by molar-refractivity contribution is 6.14. The maximum absolute atomic E-state index is 12.0. The number of carbonyl (C=O) groups is 1. The summed E-state index contributed by atoms with van der Waals surface area (Å²) in [4.78, 5) is 20.3. The molecule has 0 saturated carbocycles. The Labute approximate surface area is 129 Å². The Kier molecular flexibility index (Phi) is 4.10. The van der Waals surface area contributed by atoms with E-state index in [1.54, 1.807) is 18.5 Å². The molecule has 0 spiro atoms. The van der Waals surface area contributed by atoms with Gasteiger partial charge in [0.2, 0.25) is 0 Å². The minimum Gasteiger partial charge on any atom is -0.309 e. The van der Waals surface area contributed by atoms with Gasteiger partial charge in [0.05, 0.1) is 0 Å². The summed E-state index contributed by atoms with van der Waals surface area (Å²) in [6.07, 6.45) is 6.76. The zero-order chi connectivity index (χ0) is 15.4. The molecule has 0 aliphatic carbocycles. The number of aromatic nitrogens is 1. The van der Waals surface area contributed by atoms with Gasteiger partial charge in [0.1, 0.15) is 11.5 Å². The average molecular weight is 291 g/mol. The van der Waals surface area contributed by atoms with Crippen molar-refractivity contribution >= 4 is 17.8 Å². The molecule has 1 aliphatic heterocycles. The highest BCUT2D eigenvalue weighted by Crippen LogP contribution is 2.15. The van der Waals surface area contributed by atoms with E-state index in [1.807, 2.05) is 24.3 Å². The van der Waals surface area contributed by atoms with Crippen LogP contribution in [0.3, 0.4) is 0 Å². The molecule has 4 nitrogen and oxygen atoms in total. The van der Waals surface area contributed by atoms with Crippen molar-refractivity contribution in [2.45, 2.75) is 19.8 Å². The van der Waals surface area contributed by atoms with Gasteiger partial charge in [-0.3, -0.25) is 9.78 Å². The Morgan fingerprint density at radius 3 is 2.64 bits per heavy atom. The minimum atomic E-state index is -0.142. The van der Waals surface area contributed by atoms with Gasteiger partial charge < -0.3 is 5.32 Å². The van der Waals surface area contributed by atoms with E-state index in [9.17, 15) is 4.79 Å². The van der Waals surface area contributed by atoms with Crippen molar-refractivity contribution in [2.24, 2.45) is 4.99 Å². The van der Waals surface area contributed by atoms with Crippen LogP contribution in [0.1, 0.15) is 23.1 Å². The number of benzene rings is 1. The second kappa shape index (κ2) is 6.35. The van der Waals surface area contributed by atoms with Crippen LogP contribution in [0.5, 0.6) is 0 Å². The molecule has 1 aliphatic rings. The van der Waals surface area contributed by atoms with Gasteiger partial charge in [-0.15, -0.1) is 0 Å². The Balaban J connectivity index is 1.71. The number of pyridine rings is 1. The van der Waals surface area contributed by atoms with Gasteiger partial charge in [-0.25, -0.2) is 4.99 Å². The van der Waals surface area contributed by atoms with Gasteiger partial charge >= 0.3 is 0 Å². The molecule has 1 amide bonds. The van der Waals surface area contributed by atoms with E-state index in [2.05, 4.69) is 34.3 Å². The molecule has 1 N–H and O–H groups in total. The van der Waals surface area contributed by atoms with Gasteiger partial charge in [0, 0.05) is 18.8 Å². The maximum Gasteiger partial charge on any atom is 0.275 e. The first-order valence-electron chi connectivity index (χ1n) is 7.27. The number of aryl methyl sites for hydroxylation is 2. The molecule has 1 aromatic heterocycles. The van der Waals surface area contributed by atoms with E-state index in [1.165, 1.54) is 11.1 Å². The van der Waals surface area contributed by atoms with E-state index >= 15 is 0 Å². The van der Waals surface area contributed by atoms with Crippen molar-refractivity contribution in [3.8, 4) is 0 Å². The van der Waals surface area contributed by atoms with Gasteiger partial charge in [-0.1, -0.05) is 24.3 Å². The smallest absolute Gasteiger partial charge is 0.275 e. The lowest BCUT2D eigenvalue weighted by atomic mass is 10.0. The molecule has 0 unspecified atom stereocenters. The number of rotatable bonds is 4. The molecular weight excluding hydrogens is 274 g/mol. The molecule has 1 aromatic carbocycles. The van der Waals surface area contributed by atoms with Crippen LogP contribution < -0.4 is 5.32 Å². The summed E-state index contributed by atoms with van der Waals surface area (Å²) in [5.74, 6) is 0.588. The first-order valence-corrected chi connectivity index (χ1v) is 7.27. The Morgan fingerprint density at radius 1 is 1.09 bits per heavy atom. The van der Waals surface area contributed by atoms with Crippen LogP contribution in [0.4, 0.5) is 0 Å². The molecule has 110 valence electrons. The molecule has 0 fully saturated rings. The third kappa shape index (κ3) is 3.28. The van der Waals surface area contributed by atoms with E-state index in [4.69, 9.17) is 0 Å². The summed E-state index contributed by atoms with van der Waals surface area (Å²) in [6.45, 7) is 2.10. The number of nitrogens with zero attached hydrogens (tertiary/aromatic N) is 2. The standard InChI is InChI=1S/C18H17N3O/c1-13-4-2-3-5-15(13)6-7-17-20-16(18(22)21-17)12-14-8-10-19-11-9-14/h2-5,8-12H,6-7H2,1H3,(H,20,21,22)/b16-12+. The quantitative estimate of drug-likeness (QED) is 0.881. The molecule has 0 radical (unpaired) electrons. The summed E-state index contributed by atoms with van der Waals surface area (Å²) in [6, 6.07) is 12.0. The Hall–Kier alpha value is -2.75. The molecular formula is C18H17N3O. The Bertz CT molecular complexity index is 748. The van der Waals surface area contributed by atoms with Crippen LogP contribution in [0.15, 0.2) is 59.5 Å². The van der Waals surface area contributed by atoms with Crippen LogP contribution in [0.2, 0.25) is 0 Å². The first kappa shape index (κ1) is 14.2. The summed E-state index contributed by atoms with van der Waals surface area (Å²) in [7, 11) is 0. The van der Waals surface area contributed by atoms with Gasteiger partial charge in [0.15, 0.2) is 0 Å². The Morgan fingerprint density at radius 2 is 1.86 bits per heavy atom. The highest BCUT2D eigenvalue weighted by Gasteiger charge is 2.19. The number of aliphatic imine (C=N–C) groups is 1. The molecule has 0 saturated heterocycles. The van der Waals surface area contributed by atoms with Crippen LogP contribution in [0.25, 0.3) is 6.08 Å². The SMILES string of the molecule is Cc1ccccc1CCC1=N/C(=C/c2ccncc2)C(=O)N1. The fourth-order valence-electron chi connectivity index (χ4n) is 2.40. The number of amidine groups is 1. The van der Waals surface area contributed by atoms with Crippen molar-refractivity contribution in [3.63, 3.8) is 0 Å². The molecule has 0 bridgehead atoms. The van der Waals surface area contributed by atoms with Crippen molar-refractivity contribution in [3.05, 3.63) is 71.2 Å². The normalized spacial score (nSPS) is 15.8.